The molecule has 0 aliphatic carbocycles. The van der Waals surface area contributed by atoms with E-state index in [1.807, 2.05) is 0 Å². The average Bonchev–Trinajstić information content (AvgIpc) is 3.48. The van der Waals surface area contributed by atoms with E-state index in [2.05, 4.69) is 0 Å². The molecule has 2 aromatic heterocycles. The number of hydrogen-bond acceptors (Lipinski definition) is 8. The van der Waals surface area contributed by atoms with Crippen molar-refractivity contribution in [2.75, 3.05) is 14.2 Å². The average molecular weight is 596 g/mol. The van der Waals surface area contributed by atoms with Gasteiger partial charge in [-0.25, -0.2) is 0 Å². The van der Waals surface area contributed by atoms with Crippen molar-refractivity contribution in [3.63, 3.8) is 0 Å². The van der Waals surface area contributed by atoms with E-state index in [1.54, 1.807) is 24.3 Å². The van der Waals surface area contributed by atoms with E-state index in [4.69, 9.17) is 9.47 Å². The van der Waals surface area contributed by atoms with Gasteiger partial charge in [0.2, 0.25) is 5.91 Å². The molecule has 0 unspecified atom stereocenters. The summed E-state index contributed by atoms with van der Waals surface area (Å²) in [5.41, 5.74) is -0.753. The number of fused-ring (bicyclic) bond motifs is 1. The van der Waals surface area contributed by atoms with Crippen LogP contribution in [-0.2, 0) is 20.0 Å². The van der Waals surface area contributed by atoms with Crippen LogP contribution in [0.15, 0.2) is 93.6 Å². The van der Waals surface area contributed by atoms with Crippen LogP contribution < -0.4 is 15.0 Å². The van der Waals surface area contributed by atoms with Gasteiger partial charge in [0.15, 0.2) is 0 Å². The predicted octanol–water partition coefficient (Wildman–Crippen LogP) is 3.73. The number of carbonyl (C=O) groups is 1. The minimum atomic E-state index is -4.77. The van der Waals surface area contributed by atoms with Gasteiger partial charge < -0.3 is 9.47 Å². The first-order valence-electron chi connectivity index (χ1n) is 12.2. The van der Waals surface area contributed by atoms with Crippen molar-refractivity contribution in [2.24, 2.45) is 0 Å². The summed E-state index contributed by atoms with van der Waals surface area (Å²) >= 11 is 0. The van der Waals surface area contributed by atoms with E-state index in [9.17, 15) is 26.4 Å². The Morgan fingerprint density at radius 1 is 0.732 bits per heavy atom. The first kappa shape index (κ1) is 27.9. The van der Waals surface area contributed by atoms with Crippen LogP contribution in [0.1, 0.15) is 17.4 Å². The third-order valence-corrected chi connectivity index (χ3v) is 10.2. The normalized spacial score (nSPS) is 12.0. The maximum Gasteiger partial charge on any atom is 0.290 e. The number of benzene rings is 3. The molecule has 0 bridgehead atoms. The van der Waals surface area contributed by atoms with Crippen LogP contribution in [0.5, 0.6) is 11.5 Å². The summed E-state index contributed by atoms with van der Waals surface area (Å²) in [6.07, 6.45) is 1.41. The highest BCUT2D eigenvalue weighted by molar-refractivity contribution is 7.92. The lowest BCUT2D eigenvalue weighted by Crippen LogP contribution is -2.34. The van der Waals surface area contributed by atoms with Crippen LogP contribution in [0, 0.1) is 6.92 Å². The number of rotatable bonds is 7. The highest BCUT2D eigenvalue weighted by Crippen LogP contribution is 2.33. The second-order valence-electron chi connectivity index (χ2n) is 9.06. The second kappa shape index (κ2) is 10.1. The topological polar surface area (TPSA) is 136 Å². The molecular weight excluding hydrogens is 570 g/mol. The SMILES string of the molecule is COc1ccc(S(=O)(=O)n2c(C)c(-c3cn(C(C)=O)c4ccccc34)c(=O)n2S(=O)(=O)c2ccc(OC)cc2)cc1. The molecule has 212 valence electrons. The van der Waals surface area contributed by atoms with Crippen molar-refractivity contribution in [1.82, 2.24) is 12.7 Å². The van der Waals surface area contributed by atoms with Gasteiger partial charge in [-0.15, -0.1) is 4.09 Å². The molecule has 13 heteroatoms. The molecule has 5 aromatic rings. The number of hydrogen-bond donors (Lipinski definition) is 0. The Labute approximate surface area is 235 Å². The minimum absolute atomic E-state index is 0.158. The molecule has 0 fully saturated rings. The Morgan fingerprint density at radius 2 is 1.22 bits per heavy atom. The number of nitrogens with zero attached hydrogens (tertiary/aromatic N) is 3. The number of ether oxygens (including phenoxy) is 2. The number of aromatic nitrogens is 3. The van der Waals surface area contributed by atoms with Gasteiger partial charge in [-0.2, -0.15) is 20.9 Å². The number of para-hydroxylation sites is 1. The zero-order valence-electron chi connectivity index (χ0n) is 22.4. The monoisotopic (exact) mass is 595 g/mol. The summed E-state index contributed by atoms with van der Waals surface area (Å²) < 4.78 is 68.3. The summed E-state index contributed by atoms with van der Waals surface area (Å²) in [4.78, 5) is 25.9. The molecule has 0 N–H and O–H groups in total. The molecule has 0 saturated heterocycles. The van der Waals surface area contributed by atoms with Crippen LogP contribution in [0.3, 0.4) is 0 Å². The van der Waals surface area contributed by atoms with Crippen LogP contribution >= 0.6 is 0 Å². The molecule has 0 aliphatic rings. The van der Waals surface area contributed by atoms with E-state index in [1.165, 1.54) is 87.4 Å². The molecule has 2 heterocycles. The lowest BCUT2D eigenvalue weighted by atomic mass is 10.1. The van der Waals surface area contributed by atoms with Gasteiger partial charge in [-0.3, -0.25) is 14.2 Å². The fourth-order valence-corrected chi connectivity index (χ4v) is 7.93. The molecule has 0 amide bonds. The van der Waals surface area contributed by atoms with Gasteiger partial charge in [0.05, 0.1) is 40.8 Å². The Bertz CT molecular complexity index is 2090. The van der Waals surface area contributed by atoms with E-state index in [0.29, 0.717) is 26.5 Å². The molecule has 0 saturated carbocycles. The standard InChI is InChI=1S/C28H25N3O8S2/c1-18-27(25-17-29(19(2)32)26-8-6-5-7-24(25)26)28(33)31(41(36,37)23-15-11-21(39-4)12-16-23)30(18)40(34,35)22-13-9-20(38-3)10-14-22/h5-17H,1-4H3. The highest BCUT2D eigenvalue weighted by Gasteiger charge is 2.35. The van der Waals surface area contributed by atoms with E-state index >= 15 is 0 Å². The van der Waals surface area contributed by atoms with Gasteiger partial charge in [0.25, 0.3) is 25.6 Å². The Hall–Kier alpha value is -4.62. The lowest BCUT2D eigenvalue weighted by molar-refractivity contribution is 0.0941. The Kier molecular flexibility index (Phi) is 6.87. The summed E-state index contributed by atoms with van der Waals surface area (Å²) in [6, 6.07) is 17.3. The summed E-state index contributed by atoms with van der Waals surface area (Å²) in [5, 5.41) is 0.468. The van der Waals surface area contributed by atoms with Crippen LogP contribution in [0.2, 0.25) is 0 Å². The summed E-state index contributed by atoms with van der Waals surface area (Å²) in [5.74, 6) is 0.405. The molecule has 0 aliphatic heterocycles. The number of methoxy groups -OCH3 is 2. The summed E-state index contributed by atoms with van der Waals surface area (Å²) in [7, 11) is -6.59. The van der Waals surface area contributed by atoms with Gasteiger partial charge in [0.1, 0.15) is 11.5 Å². The van der Waals surface area contributed by atoms with Crippen LogP contribution in [0.4, 0.5) is 0 Å². The highest BCUT2D eigenvalue weighted by atomic mass is 32.2. The fraction of sp³-hybridized carbons (Fsp3) is 0.143. The van der Waals surface area contributed by atoms with Crippen LogP contribution in [0.25, 0.3) is 22.0 Å². The molecule has 0 spiro atoms. The molecule has 5 rings (SSSR count). The van der Waals surface area contributed by atoms with Crippen molar-refractivity contribution in [1.29, 1.82) is 0 Å². The Balaban J connectivity index is 1.89. The van der Waals surface area contributed by atoms with Crippen LogP contribution in [-0.4, -0.2) is 49.7 Å². The van der Waals surface area contributed by atoms with Gasteiger partial charge in [-0.1, -0.05) is 18.2 Å². The lowest BCUT2D eigenvalue weighted by Gasteiger charge is -2.15. The molecule has 0 radical (unpaired) electrons. The van der Waals surface area contributed by atoms with Crippen molar-refractivity contribution >= 4 is 36.9 Å². The van der Waals surface area contributed by atoms with Crippen molar-refractivity contribution in [3.8, 4) is 22.6 Å². The molecular formula is C28H25N3O8S2. The summed E-state index contributed by atoms with van der Waals surface area (Å²) in [6.45, 7) is 2.69. The first-order valence-corrected chi connectivity index (χ1v) is 15.1. The van der Waals surface area contributed by atoms with Crippen molar-refractivity contribution < 1.29 is 31.1 Å². The van der Waals surface area contributed by atoms with E-state index < -0.39 is 25.6 Å². The largest absolute Gasteiger partial charge is 0.497 e. The molecule has 11 nitrogen and oxygen atoms in total. The number of carbonyl (C=O) groups excluding carboxylic acids is 1. The minimum Gasteiger partial charge on any atom is -0.497 e. The Morgan fingerprint density at radius 3 is 1.71 bits per heavy atom. The molecule has 3 aromatic carbocycles. The van der Waals surface area contributed by atoms with Gasteiger partial charge >= 0.3 is 0 Å². The second-order valence-corrected chi connectivity index (χ2v) is 12.6. The first-order chi connectivity index (χ1) is 19.4. The van der Waals surface area contributed by atoms with E-state index in [0.717, 1.165) is 0 Å². The maximum absolute atomic E-state index is 14.1. The quantitative estimate of drug-likeness (QED) is 0.278. The van der Waals surface area contributed by atoms with Gasteiger partial charge in [-0.05, 0) is 61.5 Å². The van der Waals surface area contributed by atoms with Crippen molar-refractivity contribution in [3.05, 3.63) is 95.0 Å². The maximum atomic E-state index is 14.1. The van der Waals surface area contributed by atoms with E-state index in [-0.39, 0.29) is 36.6 Å². The fourth-order valence-electron chi connectivity index (χ4n) is 4.69. The van der Waals surface area contributed by atoms with Gasteiger partial charge in [0, 0.05) is 24.1 Å². The van der Waals surface area contributed by atoms with Crippen molar-refractivity contribution in [2.45, 2.75) is 23.6 Å². The molecule has 41 heavy (non-hydrogen) atoms. The smallest absolute Gasteiger partial charge is 0.290 e. The third-order valence-electron chi connectivity index (χ3n) is 6.69. The predicted molar refractivity (Wildman–Crippen MR) is 152 cm³/mol. The zero-order valence-corrected chi connectivity index (χ0v) is 24.1. The molecule has 0 atom stereocenters. The zero-order chi connectivity index (χ0) is 29.7. The third kappa shape index (κ3) is 4.43.